The lowest BCUT2D eigenvalue weighted by Gasteiger charge is -2.31. The number of halogens is 8. The zero-order valence-electron chi connectivity index (χ0n) is 71.9. The average molecular weight is 1960 g/mol. The van der Waals surface area contributed by atoms with Crippen molar-refractivity contribution in [2.24, 2.45) is 0 Å². The van der Waals surface area contributed by atoms with Crippen LogP contribution in [-0.2, 0) is 110 Å². The van der Waals surface area contributed by atoms with Gasteiger partial charge in [-0.1, -0.05) is 251 Å². The molecule has 0 aromatic heterocycles. The van der Waals surface area contributed by atoms with Crippen molar-refractivity contribution < 1.29 is 112 Å². The summed E-state index contributed by atoms with van der Waals surface area (Å²) in [6.07, 6.45) is -7.52. The highest BCUT2D eigenvalue weighted by Gasteiger charge is 2.35. The molecule has 27 nitrogen and oxygen atoms in total. The highest BCUT2D eigenvalue weighted by Crippen LogP contribution is 2.33. The van der Waals surface area contributed by atoms with E-state index in [-0.39, 0.29) is 69.5 Å². The molecule has 0 unspecified atom stereocenters. The van der Waals surface area contributed by atoms with Gasteiger partial charge in [-0.2, -0.15) is 19.2 Å². The summed E-state index contributed by atoms with van der Waals surface area (Å²) in [4.78, 5) is 91.9. The number of methoxy groups -OCH3 is 4. The Morgan fingerprint density at radius 2 is 0.557 bits per heavy atom. The number of hydrogen-bond donors (Lipinski definition) is 12. The average Bonchev–Trinajstić information content (AvgIpc) is 0.838. The van der Waals surface area contributed by atoms with Crippen molar-refractivity contribution in [2.45, 2.75) is 126 Å². The van der Waals surface area contributed by atoms with Crippen molar-refractivity contribution in [2.75, 3.05) is 61.5 Å². The minimum Gasteiger partial charge on any atom is -0.479 e. The van der Waals surface area contributed by atoms with E-state index in [1.807, 2.05) is 182 Å². The number of aliphatic hydroxyl groups excluding tert-OH is 7. The number of carbonyl (C=O) groups excluding carboxylic acids is 8. The molecule has 0 spiro atoms. The van der Waals surface area contributed by atoms with E-state index < -0.39 is 91.5 Å². The Balaban J connectivity index is 0.000000304. The number of ether oxygens (including phenoxy) is 6. The molecule has 10 rings (SSSR count). The van der Waals surface area contributed by atoms with Crippen molar-refractivity contribution in [3.8, 4) is 44.5 Å². The fourth-order valence-electron chi connectivity index (χ4n) is 13.2. The van der Waals surface area contributed by atoms with E-state index >= 15 is 0 Å². The van der Waals surface area contributed by atoms with E-state index in [0.29, 0.717) is 71.6 Å². The maximum atomic E-state index is 12.4. The number of hydrogen-bond acceptors (Lipinski definition) is 22. The Labute approximate surface area is 798 Å². The molecule has 0 aliphatic carbocycles. The standard InChI is InChI=1S/C27H29Cl2NO5.C27H29Cl2NO4.C20H21Cl2NO6.C20H23Cl2NO4.2CO2/c1-34-17-26(33)30-24(27(25(32)15-31)35-16-19-5-3-2-4-6-19)11-18-7-9-20(10-8-18)21-12-22(28)14-23(29)13-21;1-18(31)27(34-16-20-6-4-3-5-7-20)25(30-26(32)17-33-2)12-19-8-10-21(11-9-19)22-13-23(28)15-24(29)14-22;1-29-10-17(24)23-16(18(25)19(26)20(27)28)6-11-2-4-12(5-3-11)13-7-14(21)9-15(22)8-13;1-12(24)20(26)18(23-19(25)11-27-2)7-13-3-5-14(6-4-13)15-8-16(21)10-17(22)9-15;2*2-1-3/h2-10,12-14,24-25,27,31-32H,11,15-17H2,1H3,(H,30,33);3-11,13-15,18,25,27,31H,12,16-17H2,1-2H3,(H,30,32);2-5,7-9,16,18-19,25-26H,6,10H2,1H3,(H,23,24)(H,27,28);3-6,8-10,12,18,20,24,26H,7,11H2,1-2H3,(H,23,25);;/t24-,25+,27-;18-,25+,27-;16-,18-,19+;12-,18+,20-;;/m1010../s1. The van der Waals surface area contributed by atoms with Gasteiger partial charge < -0.3 is 90.5 Å². The first kappa shape index (κ1) is 112. The third-order valence-electron chi connectivity index (χ3n) is 19.2. The number of aliphatic carboxylic acids is 1. The number of nitrogens with one attached hydrogen (secondary N) is 4. The fraction of sp³-hybridized carbons (Fsp3) is 0.302. The summed E-state index contributed by atoms with van der Waals surface area (Å²) in [5.41, 5.74) is 12.6. The fourth-order valence-corrected chi connectivity index (χ4v) is 15.3. The highest BCUT2D eigenvalue weighted by atomic mass is 35.5. The molecule has 0 saturated carbocycles. The molecule has 0 radical (unpaired) electrons. The summed E-state index contributed by atoms with van der Waals surface area (Å²) in [5, 5.41) is 94.9. The van der Waals surface area contributed by atoms with Crippen LogP contribution in [0.5, 0.6) is 0 Å². The second kappa shape index (κ2) is 60.3. The Bertz CT molecular complexity index is 5130. The summed E-state index contributed by atoms with van der Waals surface area (Å²) in [5.74, 6) is -3.10. The van der Waals surface area contributed by atoms with E-state index in [9.17, 15) is 59.7 Å². The first-order valence-corrected chi connectivity index (χ1v) is 43.2. The molecular weight excluding hydrogens is 1860 g/mol. The van der Waals surface area contributed by atoms with E-state index in [1.54, 1.807) is 55.5 Å². The van der Waals surface area contributed by atoms with Crippen LogP contribution in [0.1, 0.15) is 47.2 Å². The highest BCUT2D eigenvalue weighted by molar-refractivity contribution is 6.37. The molecule has 0 heterocycles. The van der Waals surface area contributed by atoms with Crippen molar-refractivity contribution in [3.05, 3.63) is 304 Å². The first-order chi connectivity index (χ1) is 62.6. The van der Waals surface area contributed by atoms with E-state index in [1.165, 1.54) is 35.4 Å². The molecule has 12 N–H and O–H groups in total. The van der Waals surface area contributed by atoms with Gasteiger partial charge in [-0.25, -0.2) is 4.79 Å². The van der Waals surface area contributed by atoms with Crippen LogP contribution >= 0.6 is 92.8 Å². The number of carbonyl (C=O) groups is 5. The minimum absolute atomic E-state index is 0.0732. The molecular formula is C96H102Cl8N4O23. The summed E-state index contributed by atoms with van der Waals surface area (Å²) < 4.78 is 31.6. The normalized spacial score (nSPS) is 13.5. The zero-order valence-corrected chi connectivity index (χ0v) is 77.9. The van der Waals surface area contributed by atoms with Crippen molar-refractivity contribution in [3.63, 3.8) is 0 Å². The summed E-state index contributed by atoms with van der Waals surface area (Å²) >= 11 is 48.7. The monoisotopic (exact) mass is 1960 g/mol. The molecule has 700 valence electrons. The lowest BCUT2D eigenvalue weighted by atomic mass is 9.95. The van der Waals surface area contributed by atoms with E-state index in [2.05, 4.69) is 21.3 Å². The predicted octanol–water partition coefficient (Wildman–Crippen LogP) is 13.6. The third kappa shape index (κ3) is 41.0. The van der Waals surface area contributed by atoms with Gasteiger partial charge in [0.2, 0.25) is 23.6 Å². The number of aliphatic hydroxyl groups is 7. The molecule has 0 aliphatic rings. The van der Waals surface area contributed by atoms with Crippen LogP contribution in [0.15, 0.2) is 231 Å². The summed E-state index contributed by atoms with van der Waals surface area (Å²) in [6.45, 7) is 2.59. The lowest BCUT2D eigenvalue weighted by molar-refractivity contribution is -0.193. The van der Waals surface area contributed by atoms with Gasteiger partial charge in [-0.3, -0.25) is 19.2 Å². The smallest absolute Gasteiger partial charge is 0.373 e. The number of amides is 4. The molecule has 4 amide bonds. The van der Waals surface area contributed by atoms with Crippen molar-refractivity contribution in [1.29, 1.82) is 0 Å². The van der Waals surface area contributed by atoms with Crippen LogP contribution in [0, 0.1) is 0 Å². The summed E-state index contributed by atoms with van der Waals surface area (Å²) in [6, 6.07) is 68.1. The topological polar surface area (TPSA) is 419 Å². The molecule has 0 saturated heterocycles. The minimum atomic E-state index is -2.05. The number of benzene rings is 10. The van der Waals surface area contributed by atoms with Gasteiger partial charge in [0.1, 0.15) is 56.9 Å². The van der Waals surface area contributed by atoms with Gasteiger partial charge >= 0.3 is 18.3 Å². The van der Waals surface area contributed by atoms with Crippen LogP contribution in [0.25, 0.3) is 44.5 Å². The van der Waals surface area contributed by atoms with Crippen molar-refractivity contribution in [1.82, 2.24) is 21.3 Å². The molecule has 10 aromatic carbocycles. The number of carboxylic acids is 1. The van der Waals surface area contributed by atoms with Gasteiger partial charge in [0.25, 0.3) is 0 Å². The molecule has 131 heavy (non-hydrogen) atoms. The van der Waals surface area contributed by atoms with E-state index in [4.69, 9.17) is 146 Å². The largest absolute Gasteiger partial charge is 0.479 e. The SMILES string of the molecule is COCC(=O)N[C@H](Cc1ccc(-c2cc(Cl)cc(Cl)c2)cc1)[C@@H](O)[C@H](C)O.COCC(=O)N[C@H](Cc1ccc(-c2cc(Cl)cc(Cl)c2)cc1)[C@@H](O)[C@H](O)C(=O)O.COCC(=O)N[C@H](Cc1ccc(-c2cc(Cl)cc(Cl)c2)cc1)[C@@H](OCc1ccccc1)[C@@H](O)CO.COCC(=O)N[C@H](Cc1ccc(-c2cc(Cl)cc(Cl)c2)cc1)[C@@H](OCc1ccccc1)[C@H](C)O.O=C=O.O=C=O. The molecule has 12 atom stereocenters. The third-order valence-corrected chi connectivity index (χ3v) is 21.0. The van der Waals surface area contributed by atoms with Crippen LogP contribution in [0.4, 0.5) is 0 Å². The summed E-state index contributed by atoms with van der Waals surface area (Å²) in [7, 11) is 5.65. The van der Waals surface area contributed by atoms with Gasteiger partial charge in [0, 0.05) is 68.6 Å². The number of rotatable bonds is 40. The Morgan fingerprint density at radius 3 is 0.794 bits per heavy atom. The molecule has 0 fully saturated rings. The van der Waals surface area contributed by atoms with Gasteiger partial charge in [0.05, 0.1) is 56.2 Å². The Morgan fingerprint density at radius 1 is 0.321 bits per heavy atom. The van der Waals surface area contributed by atoms with Crippen LogP contribution < -0.4 is 21.3 Å². The maximum Gasteiger partial charge on any atom is 0.373 e. The van der Waals surface area contributed by atoms with Crippen LogP contribution in [0.3, 0.4) is 0 Å². The molecule has 0 bridgehead atoms. The Hall–Kier alpha value is -9.89. The van der Waals surface area contributed by atoms with Gasteiger partial charge in [0.15, 0.2) is 6.10 Å². The molecule has 35 heteroatoms. The molecule has 0 aliphatic heterocycles. The maximum absolute atomic E-state index is 12.4. The Kier molecular flexibility index (Phi) is 51.4. The zero-order chi connectivity index (χ0) is 96.7. The first-order valence-electron chi connectivity index (χ1n) is 40.2. The van der Waals surface area contributed by atoms with Gasteiger partial charge in [-0.05, 0) is 190 Å². The number of carboxylic acid groups (broad SMARTS) is 1. The lowest BCUT2D eigenvalue weighted by Crippen LogP contribution is -2.52. The van der Waals surface area contributed by atoms with Gasteiger partial charge in [-0.15, -0.1) is 0 Å². The molecule has 10 aromatic rings. The van der Waals surface area contributed by atoms with Crippen LogP contribution in [-0.4, -0.2) is 217 Å². The predicted molar refractivity (Wildman–Crippen MR) is 500 cm³/mol. The second-order valence-corrected chi connectivity index (χ2v) is 32.8. The quantitative estimate of drug-likeness (QED) is 0.0170. The van der Waals surface area contributed by atoms with Crippen molar-refractivity contribution >= 4 is 135 Å². The second-order valence-electron chi connectivity index (χ2n) is 29.3. The van der Waals surface area contributed by atoms with Crippen LogP contribution in [0.2, 0.25) is 40.2 Å². The van der Waals surface area contributed by atoms with E-state index in [0.717, 1.165) is 72.3 Å².